The molecule has 2 aliphatic heterocycles. The lowest BCUT2D eigenvalue weighted by molar-refractivity contribution is -0.123. The molecule has 0 unspecified atom stereocenters. The van der Waals surface area contributed by atoms with E-state index in [0.29, 0.717) is 5.69 Å². The number of nitrogens with zero attached hydrogens (tertiary/aromatic N) is 4. The van der Waals surface area contributed by atoms with E-state index in [-0.39, 0.29) is 18.1 Å². The van der Waals surface area contributed by atoms with Crippen molar-refractivity contribution in [2.75, 3.05) is 23.0 Å². The van der Waals surface area contributed by atoms with Gasteiger partial charge in [0.1, 0.15) is 12.4 Å². The first-order valence-corrected chi connectivity index (χ1v) is 9.95. The fourth-order valence-electron chi connectivity index (χ4n) is 3.25. The summed E-state index contributed by atoms with van der Waals surface area (Å²) in [5.41, 5.74) is 0.876. The standard InChI is InChI=1S/C19H16FN5O3S/c1-29-14-4-2-3-12(9-14)21-15(26)10-24-17-16(22-23-24)18(27)25(19(17)28)13-7-5-11(20)6-8-13/h2-9,16-17H,10H2,1H3,(H,21,26)/t16-,17+/m1/s1. The van der Waals surface area contributed by atoms with Crippen LogP contribution in [0.15, 0.2) is 63.8 Å². The summed E-state index contributed by atoms with van der Waals surface area (Å²) in [6.45, 7) is -0.232. The van der Waals surface area contributed by atoms with Gasteiger partial charge in [0.15, 0.2) is 12.1 Å². The highest BCUT2D eigenvalue weighted by Crippen LogP contribution is 2.31. The lowest BCUT2D eigenvalue weighted by Crippen LogP contribution is -2.43. The Hall–Kier alpha value is -3.27. The number of amides is 3. The molecule has 2 aromatic carbocycles. The van der Waals surface area contributed by atoms with E-state index in [9.17, 15) is 18.8 Å². The van der Waals surface area contributed by atoms with Gasteiger partial charge in [-0.3, -0.25) is 19.4 Å². The number of rotatable bonds is 5. The summed E-state index contributed by atoms with van der Waals surface area (Å²) in [6.07, 6.45) is 1.93. The van der Waals surface area contributed by atoms with Crippen molar-refractivity contribution in [2.45, 2.75) is 17.0 Å². The molecular formula is C19H16FN5O3S. The lowest BCUT2D eigenvalue weighted by atomic mass is 10.1. The smallest absolute Gasteiger partial charge is 0.263 e. The largest absolute Gasteiger partial charge is 0.324 e. The monoisotopic (exact) mass is 413 g/mol. The van der Waals surface area contributed by atoms with Gasteiger partial charge in [-0.2, -0.15) is 5.11 Å². The van der Waals surface area contributed by atoms with Gasteiger partial charge in [-0.15, -0.1) is 11.8 Å². The zero-order valence-electron chi connectivity index (χ0n) is 15.3. The third-order valence-corrected chi connectivity index (χ3v) is 5.33. The van der Waals surface area contributed by atoms with Gasteiger partial charge in [0.2, 0.25) is 5.91 Å². The van der Waals surface area contributed by atoms with Gasteiger partial charge in [-0.05, 0) is 48.7 Å². The molecule has 4 rings (SSSR count). The minimum Gasteiger partial charge on any atom is -0.324 e. The van der Waals surface area contributed by atoms with Gasteiger partial charge in [-0.25, -0.2) is 9.29 Å². The number of anilines is 2. The SMILES string of the molecule is CSc1cccc(NC(=O)CN2N=N[C@H]3C(=O)N(c4ccc(F)cc4)C(=O)[C@H]32)c1. The first kappa shape index (κ1) is 19.1. The quantitative estimate of drug-likeness (QED) is 0.600. The third kappa shape index (κ3) is 3.58. The van der Waals surface area contributed by atoms with E-state index in [1.165, 1.54) is 29.3 Å². The third-order valence-electron chi connectivity index (χ3n) is 4.60. The first-order valence-electron chi connectivity index (χ1n) is 8.72. The molecule has 2 aliphatic rings. The van der Waals surface area contributed by atoms with Gasteiger partial charge in [-0.1, -0.05) is 11.3 Å². The van der Waals surface area contributed by atoms with Crippen LogP contribution in [0.3, 0.4) is 0 Å². The lowest BCUT2D eigenvalue weighted by Gasteiger charge is -2.20. The van der Waals surface area contributed by atoms with Crippen molar-refractivity contribution in [2.24, 2.45) is 10.3 Å². The summed E-state index contributed by atoms with van der Waals surface area (Å²) in [4.78, 5) is 39.8. The molecule has 10 heteroatoms. The number of carbonyl (C=O) groups is 3. The summed E-state index contributed by atoms with van der Waals surface area (Å²) >= 11 is 1.55. The maximum absolute atomic E-state index is 13.2. The topological polar surface area (TPSA) is 94.4 Å². The van der Waals surface area contributed by atoms with Gasteiger partial charge in [0.25, 0.3) is 11.8 Å². The maximum atomic E-state index is 13.2. The minimum atomic E-state index is -1.01. The molecule has 8 nitrogen and oxygen atoms in total. The molecule has 1 fully saturated rings. The highest BCUT2D eigenvalue weighted by molar-refractivity contribution is 7.98. The summed E-state index contributed by atoms with van der Waals surface area (Å²) in [5.74, 6) is -1.96. The Morgan fingerprint density at radius 1 is 1.17 bits per heavy atom. The van der Waals surface area contributed by atoms with E-state index < -0.39 is 29.7 Å². The van der Waals surface area contributed by atoms with Crippen molar-refractivity contribution in [3.8, 4) is 0 Å². The average Bonchev–Trinajstić information content (AvgIpc) is 3.23. The summed E-state index contributed by atoms with van der Waals surface area (Å²) < 4.78 is 13.2. The Balaban J connectivity index is 1.47. The first-order chi connectivity index (χ1) is 14.0. The molecule has 0 aromatic heterocycles. The van der Waals surface area contributed by atoms with Crippen LogP contribution in [0.5, 0.6) is 0 Å². The fourth-order valence-corrected chi connectivity index (χ4v) is 3.71. The molecule has 0 aliphatic carbocycles. The normalized spacial score (nSPS) is 20.3. The van der Waals surface area contributed by atoms with E-state index in [2.05, 4.69) is 15.7 Å². The van der Waals surface area contributed by atoms with Crippen LogP contribution in [0.1, 0.15) is 0 Å². The van der Waals surface area contributed by atoms with E-state index >= 15 is 0 Å². The Bertz CT molecular complexity index is 1010. The van der Waals surface area contributed by atoms with Crippen LogP contribution in [-0.4, -0.2) is 47.6 Å². The van der Waals surface area contributed by atoms with Gasteiger partial charge < -0.3 is 5.32 Å². The fraction of sp³-hybridized carbons (Fsp3) is 0.211. The van der Waals surface area contributed by atoms with Crippen LogP contribution in [-0.2, 0) is 14.4 Å². The molecular weight excluding hydrogens is 397 g/mol. The Kier molecular flexibility index (Phi) is 5.01. The molecule has 2 heterocycles. The molecule has 0 radical (unpaired) electrons. The second-order valence-corrected chi connectivity index (χ2v) is 7.34. The second kappa shape index (κ2) is 7.63. The molecule has 0 saturated carbocycles. The van der Waals surface area contributed by atoms with E-state index in [0.717, 1.165) is 9.80 Å². The van der Waals surface area contributed by atoms with Crippen LogP contribution in [0, 0.1) is 5.82 Å². The summed E-state index contributed by atoms with van der Waals surface area (Å²) in [7, 11) is 0. The molecule has 1 saturated heterocycles. The van der Waals surface area contributed by atoms with E-state index in [1.54, 1.807) is 17.8 Å². The average molecular weight is 413 g/mol. The maximum Gasteiger partial charge on any atom is 0.263 e. The van der Waals surface area contributed by atoms with Crippen molar-refractivity contribution >= 4 is 40.9 Å². The predicted molar refractivity (Wildman–Crippen MR) is 105 cm³/mol. The molecule has 2 atom stereocenters. The molecule has 2 aromatic rings. The molecule has 148 valence electrons. The predicted octanol–water partition coefficient (Wildman–Crippen LogP) is 2.48. The Labute approximate surface area is 169 Å². The highest BCUT2D eigenvalue weighted by Gasteiger charge is 2.55. The molecule has 1 N–H and O–H groups in total. The molecule has 3 amide bonds. The van der Waals surface area contributed by atoms with E-state index in [4.69, 9.17) is 0 Å². The number of hydrogen-bond donors (Lipinski definition) is 1. The Morgan fingerprint density at radius 2 is 1.93 bits per heavy atom. The van der Waals surface area contributed by atoms with Crippen molar-refractivity contribution in [3.63, 3.8) is 0 Å². The molecule has 0 spiro atoms. The number of benzene rings is 2. The van der Waals surface area contributed by atoms with Crippen molar-refractivity contribution in [1.29, 1.82) is 0 Å². The summed E-state index contributed by atoms with van der Waals surface area (Å²) in [5, 5.41) is 11.7. The summed E-state index contributed by atoms with van der Waals surface area (Å²) in [6, 6.07) is 10.4. The van der Waals surface area contributed by atoms with Crippen LogP contribution in [0.2, 0.25) is 0 Å². The van der Waals surface area contributed by atoms with Gasteiger partial charge in [0, 0.05) is 10.6 Å². The van der Waals surface area contributed by atoms with Crippen molar-refractivity contribution in [1.82, 2.24) is 5.01 Å². The van der Waals surface area contributed by atoms with Gasteiger partial charge in [0.05, 0.1) is 5.69 Å². The molecule has 0 bridgehead atoms. The number of nitrogens with one attached hydrogen (secondary N) is 1. The zero-order chi connectivity index (χ0) is 20.5. The van der Waals surface area contributed by atoms with Gasteiger partial charge >= 0.3 is 0 Å². The van der Waals surface area contributed by atoms with Crippen molar-refractivity contribution < 1.29 is 18.8 Å². The van der Waals surface area contributed by atoms with Crippen LogP contribution in [0.4, 0.5) is 15.8 Å². The van der Waals surface area contributed by atoms with Crippen molar-refractivity contribution in [3.05, 3.63) is 54.3 Å². The van der Waals surface area contributed by atoms with Crippen LogP contribution >= 0.6 is 11.8 Å². The number of thioether (sulfide) groups is 1. The molecule has 29 heavy (non-hydrogen) atoms. The van der Waals surface area contributed by atoms with Crippen LogP contribution < -0.4 is 10.2 Å². The zero-order valence-corrected chi connectivity index (χ0v) is 16.1. The number of hydrogen-bond acceptors (Lipinski definition) is 7. The number of carbonyl (C=O) groups excluding carboxylic acids is 3. The second-order valence-electron chi connectivity index (χ2n) is 6.46. The van der Waals surface area contributed by atoms with Crippen LogP contribution in [0.25, 0.3) is 0 Å². The van der Waals surface area contributed by atoms with E-state index in [1.807, 2.05) is 24.5 Å². The number of imide groups is 1. The Morgan fingerprint density at radius 3 is 2.66 bits per heavy atom. The highest BCUT2D eigenvalue weighted by atomic mass is 32.2. The number of fused-ring (bicyclic) bond motifs is 1. The minimum absolute atomic E-state index is 0.232. The number of halogens is 1.